The smallest absolute Gasteiger partial charge is 0.246 e. The SMILES string of the molecule is Cn1cc(/C=C\C(=O)N2CCC[C@H](c3ccccc3)CC2)cn1. The van der Waals surface area contributed by atoms with Gasteiger partial charge >= 0.3 is 0 Å². The predicted molar refractivity (Wildman–Crippen MR) is 91.9 cm³/mol. The number of aryl methyl sites for hydroxylation is 1. The van der Waals surface area contributed by atoms with E-state index in [9.17, 15) is 4.79 Å². The second kappa shape index (κ2) is 7.27. The van der Waals surface area contributed by atoms with E-state index in [0.717, 1.165) is 37.9 Å². The third-order valence-corrected chi connectivity index (χ3v) is 4.45. The molecule has 4 heteroatoms. The fourth-order valence-corrected chi connectivity index (χ4v) is 3.17. The van der Waals surface area contributed by atoms with E-state index in [2.05, 4.69) is 35.4 Å². The van der Waals surface area contributed by atoms with Crippen molar-refractivity contribution >= 4 is 12.0 Å². The number of rotatable bonds is 3. The maximum absolute atomic E-state index is 12.4. The predicted octanol–water partition coefficient (Wildman–Crippen LogP) is 3.23. The van der Waals surface area contributed by atoms with E-state index in [-0.39, 0.29) is 5.91 Å². The molecule has 1 saturated heterocycles. The molecular weight excluding hydrogens is 286 g/mol. The molecule has 3 rings (SSSR count). The van der Waals surface area contributed by atoms with Crippen molar-refractivity contribution in [3.05, 3.63) is 59.9 Å². The summed E-state index contributed by atoms with van der Waals surface area (Å²) < 4.78 is 1.74. The molecule has 2 heterocycles. The third kappa shape index (κ3) is 4.09. The third-order valence-electron chi connectivity index (χ3n) is 4.45. The minimum absolute atomic E-state index is 0.0996. The lowest BCUT2D eigenvalue weighted by Crippen LogP contribution is -2.30. The summed E-state index contributed by atoms with van der Waals surface area (Å²) in [6, 6.07) is 10.6. The first-order valence-electron chi connectivity index (χ1n) is 8.23. The number of carbonyl (C=O) groups is 1. The van der Waals surface area contributed by atoms with Crippen LogP contribution in [0.3, 0.4) is 0 Å². The lowest BCUT2D eigenvalue weighted by atomic mass is 9.92. The first kappa shape index (κ1) is 15.5. The second-order valence-electron chi connectivity index (χ2n) is 6.14. The van der Waals surface area contributed by atoms with Crippen LogP contribution in [0.4, 0.5) is 0 Å². The van der Waals surface area contributed by atoms with Crippen molar-refractivity contribution in [2.24, 2.45) is 7.05 Å². The molecule has 0 saturated carbocycles. The van der Waals surface area contributed by atoms with Crippen LogP contribution in [0.1, 0.15) is 36.3 Å². The number of amides is 1. The van der Waals surface area contributed by atoms with Crippen LogP contribution < -0.4 is 0 Å². The summed E-state index contributed by atoms with van der Waals surface area (Å²) in [4.78, 5) is 14.4. The molecule has 0 bridgehead atoms. The Morgan fingerprint density at radius 1 is 1.22 bits per heavy atom. The molecule has 0 aliphatic carbocycles. The maximum Gasteiger partial charge on any atom is 0.246 e. The number of nitrogens with zero attached hydrogens (tertiary/aromatic N) is 3. The number of hydrogen-bond donors (Lipinski definition) is 0. The summed E-state index contributed by atoms with van der Waals surface area (Å²) in [7, 11) is 1.87. The normalized spacial score (nSPS) is 19.0. The fourth-order valence-electron chi connectivity index (χ4n) is 3.17. The van der Waals surface area contributed by atoms with E-state index in [1.54, 1.807) is 17.0 Å². The Balaban J connectivity index is 1.59. The minimum Gasteiger partial charge on any atom is -0.339 e. The molecule has 4 nitrogen and oxygen atoms in total. The van der Waals surface area contributed by atoms with E-state index in [1.807, 2.05) is 24.2 Å². The Morgan fingerprint density at radius 2 is 2.04 bits per heavy atom. The first-order valence-corrected chi connectivity index (χ1v) is 8.23. The second-order valence-corrected chi connectivity index (χ2v) is 6.14. The number of aromatic nitrogens is 2. The molecule has 2 aromatic rings. The molecule has 1 aromatic heterocycles. The summed E-state index contributed by atoms with van der Waals surface area (Å²) in [6.45, 7) is 1.68. The van der Waals surface area contributed by atoms with Crippen LogP contribution in [0.2, 0.25) is 0 Å². The van der Waals surface area contributed by atoms with E-state index in [0.29, 0.717) is 5.92 Å². The summed E-state index contributed by atoms with van der Waals surface area (Å²) in [5.74, 6) is 0.666. The van der Waals surface area contributed by atoms with Crippen molar-refractivity contribution in [1.82, 2.24) is 14.7 Å². The molecule has 0 N–H and O–H groups in total. The largest absolute Gasteiger partial charge is 0.339 e. The highest BCUT2D eigenvalue weighted by Gasteiger charge is 2.20. The maximum atomic E-state index is 12.4. The van der Waals surface area contributed by atoms with Crippen molar-refractivity contribution in [2.45, 2.75) is 25.2 Å². The lowest BCUT2D eigenvalue weighted by molar-refractivity contribution is -0.125. The van der Waals surface area contributed by atoms with Gasteiger partial charge in [-0.3, -0.25) is 9.48 Å². The topological polar surface area (TPSA) is 38.1 Å². The number of benzene rings is 1. The van der Waals surface area contributed by atoms with Gasteiger partial charge in [0, 0.05) is 38.0 Å². The molecule has 1 atom stereocenters. The highest BCUT2D eigenvalue weighted by Crippen LogP contribution is 2.27. The molecule has 0 radical (unpaired) electrons. The molecule has 0 spiro atoms. The van der Waals surface area contributed by atoms with E-state index in [4.69, 9.17) is 0 Å². The summed E-state index contributed by atoms with van der Waals surface area (Å²) in [5, 5.41) is 4.11. The van der Waals surface area contributed by atoms with Crippen molar-refractivity contribution in [3.63, 3.8) is 0 Å². The van der Waals surface area contributed by atoms with Crippen molar-refractivity contribution in [1.29, 1.82) is 0 Å². The van der Waals surface area contributed by atoms with Crippen LogP contribution in [0.25, 0.3) is 6.08 Å². The Hall–Kier alpha value is -2.36. The van der Waals surface area contributed by atoms with E-state index in [1.165, 1.54) is 5.56 Å². The van der Waals surface area contributed by atoms with Gasteiger partial charge in [0.1, 0.15) is 0 Å². The van der Waals surface area contributed by atoms with Crippen LogP contribution in [0, 0.1) is 0 Å². The summed E-state index contributed by atoms with van der Waals surface area (Å²) >= 11 is 0. The zero-order valence-corrected chi connectivity index (χ0v) is 13.6. The average Bonchev–Trinajstić information content (AvgIpc) is 2.85. The molecule has 1 aliphatic rings. The standard InChI is InChI=1S/C19H23N3O/c1-21-15-16(14-20-21)9-10-19(23)22-12-5-8-18(11-13-22)17-6-3-2-4-7-17/h2-4,6-7,9-10,14-15,18H,5,8,11-13H2,1H3/b10-9-/t18-/m0/s1. The highest BCUT2D eigenvalue weighted by molar-refractivity contribution is 5.91. The molecule has 1 amide bonds. The van der Waals surface area contributed by atoms with Gasteiger partial charge in [-0.25, -0.2) is 0 Å². The van der Waals surface area contributed by atoms with Crippen molar-refractivity contribution in [3.8, 4) is 0 Å². The van der Waals surface area contributed by atoms with Crippen LogP contribution in [0.15, 0.2) is 48.8 Å². The van der Waals surface area contributed by atoms with Crippen LogP contribution >= 0.6 is 0 Å². The van der Waals surface area contributed by atoms with Gasteiger partial charge in [-0.1, -0.05) is 30.3 Å². The first-order chi connectivity index (χ1) is 11.2. The molecule has 0 unspecified atom stereocenters. The molecule has 1 fully saturated rings. The van der Waals surface area contributed by atoms with Gasteiger partial charge in [-0.2, -0.15) is 5.10 Å². The summed E-state index contributed by atoms with van der Waals surface area (Å²) in [5.41, 5.74) is 2.35. The van der Waals surface area contributed by atoms with Crippen LogP contribution in [-0.4, -0.2) is 33.7 Å². The minimum atomic E-state index is 0.0996. The fraction of sp³-hybridized carbons (Fsp3) is 0.368. The summed E-state index contributed by atoms with van der Waals surface area (Å²) in [6.07, 6.45) is 10.4. The Labute approximate surface area is 137 Å². The van der Waals surface area contributed by atoms with Gasteiger partial charge in [0.25, 0.3) is 0 Å². The van der Waals surface area contributed by atoms with E-state index < -0.39 is 0 Å². The lowest BCUT2D eigenvalue weighted by Gasteiger charge is -2.19. The Kier molecular flexibility index (Phi) is 4.91. The zero-order chi connectivity index (χ0) is 16.1. The molecular formula is C19H23N3O. The molecule has 120 valence electrons. The number of likely N-dealkylation sites (tertiary alicyclic amines) is 1. The monoisotopic (exact) mass is 309 g/mol. The van der Waals surface area contributed by atoms with Crippen LogP contribution in [-0.2, 0) is 11.8 Å². The van der Waals surface area contributed by atoms with Gasteiger partial charge < -0.3 is 4.90 Å². The highest BCUT2D eigenvalue weighted by atomic mass is 16.2. The van der Waals surface area contributed by atoms with E-state index >= 15 is 0 Å². The molecule has 1 aromatic carbocycles. The van der Waals surface area contributed by atoms with Gasteiger partial charge in [0.2, 0.25) is 5.91 Å². The van der Waals surface area contributed by atoms with Gasteiger partial charge in [0.05, 0.1) is 6.20 Å². The van der Waals surface area contributed by atoms with Gasteiger partial charge in [0.15, 0.2) is 0 Å². The number of carbonyl (C=O) groups excluding carboxylic acids is 1. The molecule has 1 aliphatic heterocycles. The average molecular weight is 309 g/mol. The van der Waals surface area contributed by atoms with Gasteiger partial charge in [-0.05, 0) is 36.8 Å². The van der Waals surface area contributed by atoms with Crippen molar-refractivity contribution < 1.29 is 4.79 Å². The van der Waals surface area contributed by atoms with Crippen molar-refractivity contribution in [2.75, 3.05) is 13.1 Å². The van der Waals surface area contributed by atoms with Crippen LogP contribution in [0.5, 0.6) is 0 Å². The zero-order valence-electron chi connectivity index (χ0n) is 13.6. The Bertz CT molecular complexity index is 675. The number of hydrogen-bond acceptors (Lipinski definition) is 2. The van der Waals surface area contributed by atoms with Gasteiger partial charge in [-0.15, -0.1) is 0 Å². The quantitative estimate of drug-likeness (QED) is 0.816. The molecule has 23 heavy (non-hydrogen) atoms. The Morgan fingerprint density at radius 3 is 2.78 bits per heavy atom.